The Labute approximate surface area is 130 Å². The largest absolute Gasteiger partial charge is 0.314 e. The first kappa shape index (κ1) is 18.1. The molecule has 21 heavy (non-hydrogen) atoms. The molecule has 120 valence electrons. The maximum Gasteiger partial charge on any atom is 0.130 e. The van der Waals surface area contributed by atoms with Gasteiger partial charge < -0.3 is 10.2 Å². The summed E-state index contributed by atoms with van der Waals surface area (Å²) in [6, 6.07) is 0.528. The zero-order valence-electron chi connectivity index (χ0n) is 14.7. The predicted octanol–water partition coefficient (Wildman–Crippen LogP) is 2.25. The molecule has 0 atom stereocenters. The molecular formula is C17H32N4. The predicted molar refractivity (Wildman–Crippen MR) is 89.9 cm³/mol. The molecule has 0 radical (unpaired) electrons. The number of aromatic nitrogens is 2. The molecule has 0 saturated heterocycles. The third-order valence-electron chi connectivity index (χ3n) is 3.60. The van der Waals surface area contributed by atoms with Crippen LogP contribution in [-0.4, -0.2) is 48.1 Å². The second kappa shape index (κ2) is 9.11. The quantitative estimate of drug-likeness (QED) is 0.758. The Kier molecular flexibility index (Phi) is 7.83. The molecule has 4 nitrogen and oxygen atoms in total. The number of hydrogen-bond acceptors (Lipinski definition) is 4. The third kappa shape index (κ3) is 6.10. The smallest absolute Gasteiger partial charge is 0.130 e. The van der Waals surface area contributed by atoms with E-state index in [4.69, 9.17) is 9.97 Å². The number of nitrogens with zero attached hydrogens (tertiary/aromatic N) is 3. The van der Waals surface area contributed by atoms with Crippen molar-refractivity contribution in [3.8, 4) is 0 Å². The van der Waals surface area contributed by atoms with Crippen molar-refractivity contribution in [2.24, 2.45) is 0 Å². The van der Waals surface area contributed by atoms with Gasteiger partial charge in [-0.05, 0) is 45.5 Å². The van der Waals surface area contributed by atoms with Gasteiger partial charge in [-0.3, -0.25) is 0 Å². The highest BCUT2D eigenvalue weighted by atomic mass is 15.1. The molecule has 0 aliphatic heterocycles. The van der Waals surface area contributed by atoms with Crippen LogP contribution in [0.3, 0.4) is 0 Å². The molecule has 0 aliphatic rings. The van der Waals surface area contributed by atoms with Crippen LogP contribution < -0.4 is 5.32 Å². The standard InChI is InChI=1S/C17H32N4/c1-7-15-14(9-11-18-13(3)4)16(8-2)20-17(19-15)10-12-21(5)6/h13,18H,7-12H2,1-6H3. The lowest BCUT2D eigenvalue weighted by Gasteiger charge is -2.16. The molecule has 0 bridgehead atoms. The van der Waals surface area contributed by atoms with Gasteiger partial charge in [0.1, 0.15) is 5.82 Å². The first-order valence-electron chi connectivity index (χ1n) is 8.23. The normalized spacial score (nSPS) is 11.6. The van der Waals surface area contributed by atoms with Crippen molar-refractivity contribution >= 4 is 0 Å². The maximum absolute atomic E-state index is 4.80. The fraction of sp³-hybridized carbons (Fsp3) is 0.765. The van der Waals surface area contributed by atoms with E-state index < -0.39 is 0 Å². The minimum atomic E-state index is 0.528. The zero-order valence-corrected chi connectivity index (χ0v) is 14.7. The lowest BCUT2D eigenvalue weighted by Crippen LogP contribution is -2.26. The summed E-state index contributed by atoms with van der Waals surface area (Å²) in [5, 5.41) is 3.49. The Morgan fingerprint density at radius 2 is 1.57 bits per heavy atom. The van der Waals surface area contributed by atoms with Crippen molar-refractivity contribution in [2.75, 3.05) is 27.2 Å². The molecule has 0 aliphatic carbocycles. The highest BCUT2D eigenvalue weighted by Crippen LogP contribution is 2.15. The van der Waals surface area contributed by atoms with Crippen molar-refractivity contribution in [3.05, 3.63) is 22.8 Å². The first-order valence-corrected chi connectivity index (χ1v) is 8.23. The fourth-order valence-corrected chi connectivity index (χ4v) is 2.43. The average molecular weight is 292 g/mol. The van der Waals surface area contributed by atoms with E-state index in [9.17, 15) is 0 Å². The molecule has 0 fully saturated rings. The van der Waals surface area contributed by atoms with Gasteiger partial charge in [0, 0.05) is 30.4 Å². The Morgan fingerprint density at radius 1 is 1.00 bits per heavy atom. The SMILES string of the molecule is CCc1nc(CCN(C)C)nc(CC)c1CCNC(C)C. The van der Waals surface area contributed by atoms with Crippen LogP contribution >= 0.6 is 0 Å². The van der Waals surface area contributed by atoms with Crippen molar-refractivity contribution in [2.45, 2.75) is 59.4 Å². The van der Waals surface area contributed by atoms with Gasteiger partial charge in [0.15, 0.2) is 0 Å². The first-order chi connectivity index (χ1) is 9.97. The summed E-state index contributed by atoms with van der Waals surface area (Å²) < 4.78 is 0. The van der Waals surface area contributed by atoms with Crippen LogP contribution in [0.4, 0.5) is 0 Å². The summed E-state index contributed by atoms with van der Waals surface area (Å²) in [6.45, 7) is 10.7. The Hall–Kier alpha value is -1.00. The number of likely N-dealkylation sites (N-methyl/N-ethyl adjacent to an activating group) is 1. The molecule has 1 aromatic rings. The van der Waals surface area contributed by atoms with E-state index in [1.54, 1.807) is 0 Å². The molecular weight excluding hydrogens is 260 g/mol. The van der Waals surface area contributed by atoms with Crippen LogP contribution in [0.25, 0.3) is 0 Å². The van der Waals surface area contributed by atoms with Gasteiger partial charge in [-0.1, -0.05) is 27.7 Å². The van der Waals surface area contributed by atoms with Crippen LogP contribution in [0.15, 0.2) is 0 Å². The van der Waals surface area contributed by atoms with E-state index in [0.29, 0.717) is 6.04 Å². The summed E-state index contributed by atoms with van der Waals surface area (Å²) in [5.74, 6) is 0.998. The van der Waals surface area contributed by atoms with Crippen molar-refractivity contribution in [1.29, 1.82) is 0 Å². The van der Waals surface area contributed by atoms with Gasteiger partial charge in [0.25, 0.3) is 0 Å². The summed E-state index contributed by atoms with van der Waals surface area (Å²) in [5.41, 5.74) is 3.84. The van der Waals surface area contributed by atoms with Crippen molar-refractivity contribution in [1.82, 2.24) is 20.2 Å². The van der Waals surface area contributed by atoms with Gasteiger partial charge in [0.2, 0.25) is 0 Å². The highest BCUT2D eigenvalue weighted by molar-refractivity contribution is 5.27. The van der Waals surface area contributed by atoms with E-state index in [0.717, 1.165) is 44.6 Å². The summed E-state index contributed by atoms with van der Waals surface area (Å²) in [4.78, 5) is 11.8. The van der Waals surface area contributed by atoms with E-state index in [2.05, 4.69) is 52.0 Å². The third-order valence-corrected chi connectivity index (χ3v) is 3.60. The van der Waals surface area contributed by atoms with E-state index in [-0.39, 0.29) is 0 Å². The van der Waals surface area contributed by atoms with E-state index in [1.807, 2.05) is 0 Å². The second-order valence-electron chi connectivity index (χ2n) is 6.13. The summed E-state index contributed by atoms with van der Waals surface area (Å²) in [6.07, 6.45) is 3.93. The Bertz CT molecular complexity index is 402. The molecule has 0 amide bonds. The van der Waals surface area contributed by atoms with Crippen molar-refractivity contribution < 1.29 is 0 Å². The summed E-state index contributed by atoms with van der Waals surface area (Å²) >= 11 is 0. The van der Waals surface area contributed by atoms with Gasteiger partial charge in [-0.15, -0.1) is 0 Å². The monoisotopic (exact) mass is 292 g/mol. The number of hydrogen-bond donors (Lipinski definition) is 1. The number of rotatable bonds is 9. The zero-order chi connectivity index (χ0) is 15.8. The molecule has 1 heterocycles. The Morgan fingerprint density at radius 3 is 2.00 bits per heavy atom. The lowest BCUT2D eigenvalue weighted by molar-refractivity contribution is 0.409. The van der Waals surface area contributed by atoms with E-state index in [1.165, 1.54) is 17.0 Å². The van der Waals surface area contributed by atoms with Gasteiger partial charge in [-0.2, -0.15) is 0 Å². The molecule has 1 aromatic heterocycles. The summed E-state index contributed by atoms with van der Waals surface area (Å²) in [7, 11) is 4.18. The number of nitrogens with one attached hydrogen (secondary N) is 1. The molecule has 1 N–H and O–H groups in total. The molecule has 0 aromatic carbocycles. The van der Waals surface area contributed by atoms with Crippen molar-refractivity contribution in [3.63, 3.8) is 0 Å². The van der Waals surface area contributed by atoms with Gasteiger partial charge in [0.05, 0.1) is 0 Å². The van der Waals surface area contributed by atoms with Crippen LogP contribution in [0.2, 0.25) is 0 Å². The fourth-order valence-electron chi connectivity index (χ4n) is 2.43. The average Bonchev–Trinajstić information content (AvgIpc) is 2.44. The van der Waals surface area contributed by atoms with Crippen LogP contribution in [0.1, 0.15) is 50.5 Å². The topological polar surface area (TPSA) is 41.1 Å². The Balaban J connectivity index is 2.90. The van der Waals surface area contributed by atoms with Gasteiger partial charge in [-0.25, -0.2) is 9.97 Å². The molecule has 1 rings (SSSR count). The maximum atomic E-state index is 4.80. The minimum Gasteiger partial charge on any atom is -0.314 e. The van der Waals surface area contributed by atoms with Crippen LogP contribution in [0, 0.1) is 0 Å². The van der Waals surface area contributed by atoms with Gasteiger partial charge >= 0.3 is 0 Å². The van der Waals surface area contributed by atoms with E-state index >= 15 is 0 Å². The molecule has 0 spiro atoms. The lowest BCUT2D eigenvalue weighted by atomic mass is 10.0. The second-order valence-corrected chi connectivity index (χ2v) is 6.13. The van der Waals surface area contributed by atoms with Crippen LogP contribution in [-0.2, 0) is 25.7 Å². The molecule has 0 saturated carbocycles. The minimum absolute atomic E-state index is 0.528. The highest BCUT2D eigenvalue weighted by Gasteiger charge is 2.12. The molecule has 4 heteroatoms. The van der Waals surface area contributed by atoms with Crippen LogP contribution in [0.5, 0.6) is 0 Å². The number of aryl methyl sites for hydroxylation is 2. The molecule has 0 unspecified atom stereocenters.